The summed E-state index contributed by atoms with van der Waals surface area (Å²) in [4.78, 5) is 12.6. The Kier molecular flexibility index (Phi) is 15.7. The number of aromatic hydroxyl groups is 5. The molecule has 0 amide bonds. The SMILES string of the molecule is C[C@H]1O[C@H](OC[C@H]2O[C@@H](Oc3cc4c(O[C@@H]5O[C@H](CO)[C@@H](O)[C@@H](O)[C@H]5O)cc(O)cc4[o+]c3-c3cc(O)c(O)c(O)c3)[C@H](O)[C@H](O)[C@@H]2O)[C@H](O)[C@H](O)[C@H]1OC(=O)/C=C/c1ccc(O)cc1.[Cl-]. The lowest BCUT2D eigenvalue weighted by atomic mass is 9.98. The van der Waals surface area contributed by atoms with Crippen molar-refractivity contribution < 1.29 is 126 Å². The van der Waals surface area contributed by atoms with Crippen molar-refractivity contribution in [3.8, 4) is 51.6 Å². The number of halogens is 1. The molecule has 1 aromatic heterocycles. The largest absolute Gasteiger partial charge is 1.00 e. The third-order valence-corrected chi connectivity index (χ3v) is 10.9. The van der Waals surface area contributed by atoms with Gasteiger partial charge in [-0.3, -0.25) is 0 Å². The fourth-order valence-corrected chi connectivity index (χ4v) is 7.28. The number of phenolic OH excluding ortho intramolecular Hbond substituents is 5. The predicted molar refractivity (Wildman–Crippen MR) is 214 cm³/mol. The highest BCUT2D eigenvalue weighted by molar-refractivity contribution is 5.89. The fourth-order valence-electron chi connectivity index (χ4n) is 7.28. The molecule has 24 heteroatoms. The maximum atomic E-state index is 12.6. The van der Waals surface area contributed by atoms with Gasteiger partial charge in [0.2, 0.25) is 18.3 Å². The fraction of sp³-hybridized carbons (Fsp3) is 0.429. The van der Waals surface area contributed by atoms with Gasteiger partial charge in [-0.05, 0) is 30.7 Å². The van der Waals surface area contributed by atoms with Gasteiger partial charge in [0, 0.05) is 30.3 Å². The number of aliphatic hydroxyl groups excluding tert-OH is 9. The lowest BCUT2D eigenvalue weighted by Gasteiger charge is -2.42. The summed E-state index contributed by atoms with van der Waals surface area (Å²) in [6, 6.07) is 11.1. The minimum atomic E-state index is -2.03. The van der Waals surface area contributed by atoms with E-state index in [0.717, 1.165) is 36.4 Å². The molecule has 14 N–H and O–H groups in total. The first-order chi connectivity index (χ1) is 30.8. The Morgan fingerprint density at radius 3 is 1.86 bits per heavy atom. The van der Waals surface area contributed by atoms with Gasteiger partial charge >= 0.3 is 17.3 Å². The van der Waals surface area contributed by atoms with Crippen LogP contribution in [0.15, 0.2) is 65.1 Å². The average molecular weight is 955 g/mol. The van der Waals surface area contributed by atoms with E-state index in [9.17, 15) is 76.3 Å². The number of carbonyl (C=O) groups is 1. The van der Waals surface area contributed by atoms with Crippen LogP contribution in [0.2, 0.25) is 0 Å². The number of hydrogen-bond donors (Lipinski definition) is 14. The molecular formula is C42H47ClO23. The van der Waals surface area contributed by atoms with Gasteiger partial charge in [0.1, 0.15) is 83.7 Å². The van der Waals surface area contributed by atoms with Crippen molar-refractivity contribution >= 4 is 23.0 Å². The molecule has 66 heavy (non-hydrogen) atoms. The van der Waals surface area contributed by atoms with Crippen LogP contribution in [-0.2, 0) is 28.5 Å². The highest BCUT2D eigenvalue weighted by atomic mass is 35.5. The number of ether oxygens (including phenoxy) is 7. The van der Waals surface area contributed by atoms with E-state index in [1.165, 1.54) is 37.3 Å². The van der Waals surface area contributed by atoms with Crippen LogP contribution in [0, 0.1) is 0 Å². The van der Waals surface area contributed by atoms with Crippen molar-refractivity contribution in [2.45, 2.75) is 99.0 Å². The van der Waals surface area contributed by atoms with E-state index in [-0.39, 0.29) is 46.2 Å². The summed E-state index contributed by atoms with van der Waals surface area (Å²) in [5.74, 6) is -5.06. The van der Waals surface area contributed by atoms with Crippen LogP contribution < -0.4 is 21.9 Å². The topological polar surface area (TPSA) is 376 Å². The summed E-state index contributed by atoms with van der Waals surface area (Å²) < 4.78 is 45.8. The van der Waals surface area contributed by atoms with E-state index < -0.39 is 140 Å². The van der Waals surface area contributed by atoms with Gasteiger partial charge in [-0.2, -0.15) is 0 Å². The number of benzene rings is 3. The summed E-state index contributed by atoms with van der Waals surface area (Å²) in [5, 5.41) is 146. The summed E-state index contributed by atoms with van der Waals surface area (Å²) in [6.45, 7) is -0.0677. The zero-order chi connectivity index (χ0) is 47.0. The summed E-state index contributed by atoms with van der Waals surface area (Å²) in [5.41, 5.74) is 0.157. The predicted octanol–water partition coefficient (Wildman–Crippen LogP) is -4.61. The number of carbonyl (C=O) groups excluding carboxylic acids is 1. The zero-order valence-corrected chi connectivity index (χ0v) is 35.0. The third-order valence-electron chi connectivity index (χ3n) is 10.9. The first-order valence-electron chi connectivity index (χ1n) is 19.9. The Labute approximate surface area is 378 Å². The molecule has 3 aliphatic rings. The molecule has 4 aromatic rings. The van der Waals surface area contributed by atoms with Gasteiger partial charge in [0.15, 0.2) is 29.6 Å². The van der Waals surface area contributed by atoms with Crippen LogP contribution in [0.25, 0.3) is 28.4 Å². The molecule has 0 aliphatic carbocycles. The molecule has 360 valence electrons. The summed E-state index contributed by atoms with van der Waals surface area (Å²) >= 11 is 0. The molecule has 4 heterocycles. The molecule has 7 rings (SSSR count). The van der Waals surface area contributed by atoms with Gasteiger partial charge in [0.05, 0.1) is 30.9 Å². The van der Waals surface area contributed by atoms with Gasteiger partial charge in [0.25, 0.3) is 0 Å². The number of phenols is 5. The third kappa shape index (κ3) is 10.4. The highest BCUT2D eigenvalue weighted by Gasteiger charge is 2.50. The second kappa shape index (κ2) is 20.7. The maximum absolute atomic E-state index is 12.6. The number of hydrogen-bond acceptors (Lipinski definition) is 22. The van der Waals surface area contributed by atoms with Crippen molar-refractivity contribution in [2.24, 2.45) is 0 Å². The van der Waals surface area contributed by atoms with E-state index in [1.54, 1.807) is 0 Å². The van der Waals surface area contributed by atoms with Crippen LogP contribution >= 0.6 is 0 Å². The maximum Gasteiger partial charge on any atom is 0.402 e. The van der Waals surface area contributed by atoms with Crippen molar-refractivity contribution in [1.82, 2.24) is 0 Å². The second-order valence-electron chi connectivity index (χ2n) is 15.5. The van der Waals surface area contributed by atoms with Crippen LogP contribution in [0.4, 0.5) is 0 Å². The average Bonchev–Trinajstić information content (AvgIpc) is 3.27. The first-order valence-corrected chi connectivity index (χ1v) is 19.9. The number of rotatable bonds is 12. The van der Waals surface area contributed by atoms with Gasteiger partial charge < -0.3 is 117 Å². The van der Waals surface area contributed by atoms with Crippen molar-refractivity contribution in [2.75, 3.05) is 13.2 Å². The van der Waals surface area contributed by atoms with Crippen molar-refractivity contribution in [1.29, 1.82) is 0 Å². The van der Waals surface area contributed by atoms with Crippen molar-refractivity contribution in [3.05, 3.63) is 66.2 Å². The van der Waals surface area contributed by atoms with Gasteiger partial charge in [-0.1, -0.05) is 12.1 Å². The van der Waals surface area contributed by atoms with Crippen LogP contribution in [0.5, 0.6) is 40.2 Å². The van der Waals surface area contributed by atoms with E-state index in [4.69, 9.17) is 37.6 Å². The monoisotopic (exact) mass is 954 g/mol. The molecule has 0 unspecified atom stereocenters. The van der Waals surface area contributed by atoms with Crippen LogP contribution in [0.1, 0.15) is 12.5 Å². The number of aliphatic hydroxyl groups is 9. The zero-order valence-electron chi connectivity index (χ0n) is 34.2. The van der Waals surface area contributed by atoms with Crippen LogP contribution in [0.3, 0.4) is 0 Å². The van der Waals surface area contributed by atoms with Gasteiger partial charge in [-0.25, -0.2) is 9.21 Å². The van der Waals surface area contributed by atoms with Crippen LogP contribution in [-0.4, -0.2) is 183 Å². The Balaban J connectivity index is 0.00000720. The standard InChI is InChI=1S/C42H46O23.ClH/c1-15-38(65-28(48)7-4-16-2-5-18(44)6-3-16)34(54)37(57)40(59-15)58-14-27-31(51)33(53)36(56)42(64-27)62-25-12-20-23(60-39(25)17-8-21(46)29(49)22(47)9-17)10-19(45)11-24(20)61-41-35(55)32(52)30(50)26(13-43)63-41;/h2-12,15,26-27,30-38,40-43,50-57H,13-14H2,1H3,(H4-,44,45,46,47,48,49);1H/t15-,26-,27-,30-,31-,32-,33-,34+,35-,36-,37-,38+,40+,41-,42-;/m1./s1. The molecule has 3 aliphatic heterocycles. The number of esters is 1. The van der Waals surface area contributed by atoms with Gasteiger partial charge in [-0.15, -0.1) is 0 Å². The highest BCUT2D eigenvalue weighted by Crippen LogP contribution is 2.45. The molecule has 3 fully saturated rings. The smallest absolute Gasteiger partial charge is 0.402 e. The second-order valence-corrected chi connectivity index (χ2v) is 15.5. The quantitative estimate of drug-likeness (QED) is 0.0275. The minimum Gasteiger partial charge on any atom is -1.00 e. The first kappa shape index (κ1) is 50.1. The van der Waals surface area contributed by atoms with E-state index >= 15 is 0 Å². The Morgan fingerprint density at radius 2 is 1.24 bits per heavy atom. The molecule has 0 spiro atoms. The van der Waals surface area contributed by atoms with E-state index in [0.29, 0.717) is 5.56 Å². The van der Waals surface area contributed by atoms with E-state index in [2.05, 4.69) is 0 Å². The normalized spacial score (nSPS) is 32.4. The molecule has 23 nitrogen and oxygen atoms in total. The molecule has 3 aromatic carbocycles. The Bertz CT molecular complexity index is 2320. The summed E-state index contributed by atoms with van der Waals surface area (Å²) in [7, 11) is 0. The molecule has 0 bridgehead atoms. The van der Waals surface area contributed by atoms with E-state index in [1.807, 2.05) is 0 Å². The lowest BCUT2D eigenvalue weighted by Crippen LogP contribution is -3.00. The molecule has 15 atom stereocenters. The molecular weight excluding hydrogens is 908 g/mol. The molecule has 0 radical (unpaired) electrons. The Morgan fingerprint density at radius 1 is 0.667 bits per heavy atom. The lowest BCUT2D eigenvalue weighted by molar-refractivity contribution is -0.319. The molecule has 3 saturated heterocycles. The van der Waals surface area contributed by atoms with Crippen molar-refractivity contribution in [3.63, 3.8) is 0 Å². The minimum absolute atomic E-state index is 0. The number of fused-ring (bicyclic) bond motifs is 1. The molecule has 0 saturated carbocycles. The Hall–Kier alpha value is -5.35. The summed E-state index contributed by atoms with van der Waals surface area (Å²) in [6.07, 6.45) is -23.3.